The zero-order valence-electron chi connectivity index (χ0n) is 13.1. The lowest BCUT2D eigenvalue weighted by molar-refractivity contribution is -0.142. The zero-order chi connectivity index (χ0) is 14.8. The topological polar surface area (TPSA) is 29.5 Å². The largest absolute Gasteiger partial charge is 0.372 e. The van der Waals surface area contributed by atoms with Gasteiger partial charge in [-0.2, -0.15) is 0 Å². The van der Waals surface area contributed by atoms with Crippen LogP contribution in [0.5, 0.6) is 0 Å². The van der Waals surface area contributed by atoms with Gasteiger partial charge in [0, 0.05) is 13.1 Å². The number of benzene rings is 1. The Balaban J connectivity index is 1.67. The number of carbonyl (C=O) groups excluding carboxylic acids is 1. The molecule has 1 fully saturated rings. The van der Waals surface area contributed by atoms with E-state index in [1.165, 1.54) is 36.8 Å². The van der Waals surface area contributed by atoms with E-state index in [9.17, 15) is 4.79 Å². The zero-order valence-corrected chi connectivity index (χ0v) is 13.1. The lowest BCUT2D eigenvalue weighted by Crippen LogP contribution is -2.48. The Labute approximate surface area is 127 Å². The van der Waals surface area contributed by atoms with Crippen LogP contribution in [0.2, 0.25) is 0 Å². The molecule has 0 saturated carbocycles. The summed E-state index contributed by atoms with van der Waals surface area (Å²) in [6, 6.07) is 6.61. The van der Waals surface area contributed by atoms with Crippen LogP contribution in [-0.4, -0.2) is 36.1 Å². The SMILES string of the molecule is CC1CN(C(=O)Cc2ccc3c(c2)CCCC3)CC(C)O1. The summed E-state index contributed by atoms with van der Waals surface area (Å²) >= 11 is 0. The van der Waals surface area contributed by atoms with Gasteiger partial charge < -0.3 is 9.64 Å². The predicted octanol–water partition coefficient (Wildman–Crippen LogP) is 2.74. The molecule has 0 N–H and O–H groups in total. The molecular formula is C18H25NO2. The second kappa shape index (κ2) is 6.18. The molecule has 21 heavy (non-hydrogen) atoms. The Kier molecular flexibility index (Phi) is 4.29. The van der Waals surface area contributed by atoms with Gasteiger partial charge in [-0.3, -0.25) is 4.79 Å². The molecule has 1 aromatic carbocycles. The average Bonchev–Trinajstić information content (AvgIpc) is 2.46. The van der Waals surface area contributed by atoms with Crippen molar-refractivity contribution < 1.29 is 9.53 Å². The Morgan fingerprint density at radius 1 is 1.14 bits per heavy atom. The summed E-state index contributed by atoms with van der Waals surface area (Å²) < 4.78 is 5.70. The molecule has 3 heteroatoms. The van der Waals surface area contributed by atoms with Crippen molar-refractivity contribution in [3.8, 4) is 0 Å². The molecule has 1 aromatic rings. The fourth-order valence-electron chi connectivity index (χ4n) is 3.56. The van der Waals surface area contributed by atoms with Crippen molar-refractivity contribution in [2.75, 3.05) is 13.1 Å². The Morgan fingerprint density at radius 3 is 2.52 bits per heavy atom. The molecule has 0 radical (unpaired) electrons. The number of carbonyl (C=O) groups is 1. The summed E-state index contributed by atoms with van der Waals surface area (Å²) in [5, 5.41) is 0. The first kappa shape index (κ1) is 14.6. The molecular weight excluding hydrogens is 262 g/mol. The fraction of sp³-hybridized carbons (Fsp3) is 0.611. The summed E-state index contributed by atoms with van der Waals surface area (Å²) in [6.07, 6.45) is 5.75. The van der Waals surface area contributed by atoms with Gasteiger partial charge in [-0.15, -0.1) is 0 Å². The highest BCUT2D eigenvalue weighted by Crippen LogP contribution is 2.23. The standard InChI is InChI=1S/C18H25NO2/c1-13-11-19(12-14(2)21-13)18(20)10-15-7-8-16-5-3-4-6-17(16)9-15/h7-9,13-14H,3-6,10-12H2,1-2H3. The van der Waals surface area contributed by atoms with Crippen LogP contribution in [0.3, 0.4) is 0 Å². The van der Waals surface area contributed by atoms with Gasteiger partial charge in [-0.1, -0.05) is 18.2 Å². The van der Waals surface area contributed by atoms with E-state index in [2.05, 4.69) is 18.2 Å². The van der Waals surface area contributed by atoms with Gasteiger partial charge in [0.2, 0.25) is 5.91 Å². The number of aryl methyl sites for hydroxylation is 2. The van der Waals surface area contributed by atoms with Crippen molar-refractivity contribution in [3.63, 3.8) is 0 Å². The predicted molar refractivity (Wildman–Crippen MR) is 83.4 cm³/mol. The molecule has 0 bridgehead atoms. The summed E-state index contributed by atoms with van der Waals surface area (Å²) in [5.41, 5.74) is 4.09. The fourth-order valence-corrected chi connectivity index (χ4v) is 3.56. The quantitative estimate of drug-likeness (QED) is 0.837. The number of nitrogens with zero attached hydrogens (tertiary/aromatic N) is 1. The van der Waals surface area contributed by atoms with E-state index < -0.39 is 0 Å². The molecule has 114 valence electrons. The molecule has 2 aliphatic rings. The Morgan fingerprint density at radius 2 is 1.81 bits per heavy atom. The summed E-state index contributed by atoms with van der Waals surface area (Å²) in [7, 11) is 0. The number of amides is 1. The lowest BCUT2D eigenvalue weighted by atomic mass is 9.90. The summed E-state index contributed by atoms with van der Waals surface area (Å²) in [5.74, 6) is 0.229. The van der Waals surface area contributed by atoms with E-state index in [0.29, 0.717) is 19.5 Å². The maximum Gasteiger partial charge on any atom is 0.227 e. The van der Waals surface area contributed by atoms with Crippen LogP contribution in [0.15, 0.2) is 18.2 Å². The molecule has 2 unspecified atom stereocenters. The molecule has 1 aliphatic carbocycles. The van der Waals surface area contributed by atoms with Gasteiger partial charge >= 0.3 is 0 Å². The van der Waals surface area contributed by atoms with Gasteiger partial charge in [-0.25, -0.2) is 0 Å². The van der Waals surface area contributed by atoms with Gasteiger partial charge in [0.05, 0.1) is 18.6 Å². The van der Waals surface area contributed by atoms with Crippen LogP contribution in [0.25, 0.3) is 0 Å². The molecule has 1 aliphatic heterocycles. The van der Waals surface area contributed by atoms with Crippen LogP contribution >= 0.6 is 0 Å². The van der Waals surface area contributed by atoms with E-state index >= 15 is 0 Å². The third kappa shape index (κ3) is 3.46. The molecule has 1 heterocycles. The maximum atomic E-state index is 12.5. The van der Waals surface area contributed by atoms with Crippen LogP contribution < -0.4 is 0 Å². The van der Waals surface area contributed by atoms with Crippen LogP contribution in [0.1, 0.15) is 43.4 Å². The number of hydrogen-bond acceptors (Lipinski definition) is 2. The van der Waals surface area contributed by atoms with E-state index in [4.69, 9.17) is 4.74 Å². The second-order valence-electron chi connectivity index (χ2n) is 6.54. The first-order chi connectivity index (χ1) is 10.1. The van der Waals surface area contributed by atoms with Gasteiger partial charge in [-0.05, 0) is 56.2 Å². The van der Waals surface area contributed by atoms with Crippen LogP contribution in [0.4, 0.5) is 0 Å². The first-order valence-electron chi connectivity index (χ1n) is 8.16. The number of fused-ring (bicyclic) bond motifs is 1. The number of rotatable bonds is 2. The molecule has 2 atom stereocenters. The number of hydrogen-bond donors (Lipinski definition) is 0. The average molecular weight is 287 g/mol. The van der Waals surface area contributed by atoms with Crippen molar-refractivity contribution in [1.29, 1.82) is 0 Å². The molecule has 1 amide bonds. The van der Waals surface area contributed by atoms with Crippen molar-refractivity contribution in [1.82, 2.24) is 4.90 Å². The number of ether oxygens (including phenoxy) is 1. The smallest absolute Gasteiger partial charge is 0.227 e. The molecule has 0 spiro atoms. The summed E-state index contributed by atoms with van der Waals surface area (Å²) in [4.78, 5) is 14.5. The van der Waals surface area contributed by atoms with E-state index in [-0.39, 0.29) is 18.1 Å². The number of morpholine rings is 1. The van der Waals surface area contributed by atoms with Crippen molar-refractivity contribution in [2.24, 2.45) is 0 Å². The Hall–Kier alpha value is -1.35. The highest BCUT2D eigenvalue weighted by molar-refractivity contribution is 5.79. The molecule has 3 rings (SSSR count). The van der Waals surface area contributed by atoms with Crippen molar-refractivity contribution in [2.45, 2.75) is 58.2 Å². The van der Waals surface area contributed by atoms with Crippen molar-refractivity contribution in [3.05, 3.63) is 34.9 Å². The van der Waals surface area contributed by atoms with Crippen LogP contribution in [0, 0.1) is 0 Å². The molecule has 0 aromatic heterocycles. The minimum Gasteiger partial charge on any atom is -0.372 e. The first-order valence-corrected chi connectivity index (χ1v) is 8.16. The minimum absolute atomic E-state index is 0.140. The van der Waals surface area contributed by atoms with E-state index in [1.54, 1.807) is 0 Å². The minimum atomic E-state index is 0.140. The van der Waals surface area contributed by atoms with Gasteiger partial charge in [0.25, 0.3) is 0 Å². The third-order valence-corrected chi connectivity index (χ3v) is 4.54. The normalized spacial score (nSPS) is 25.5. The maximum absolute atomic E-state index is 12.5. The highest BCUT2D eigenvalue weighted by Gasteiger charge is 2.25. The van der Waals surface area contributed by atoms with E-state index in [1.807, 2.05) is 18.7 Å². The molecule has 1 saturated heterocycles. The van der Waals surface area contributed by atoms with Crippen LogP contribution in [-0.2, 0) is 28.8 Å². The van der Waals surface area contributed by atoms with Crippen molar-refractivity contribution >= 4 is 5.91 Å². The van der Waals surface area contributed by atoms with Gasteiger partial charge in [0.15, 0.2) is 0 Å². The summed E-state index contributed by atoms with van der Waals surface area (Å²) in [6.45, 7) is 5.51. The second-order valence-corrected chi connectivity index (χ2v) is 6.54. The van der Waals surface area contributed by atoms with E-state index in [0.717, 1.165) is 5.56 Å². The third-order valence-electron chi connectivity index (χ3n) is 4.54. The highest BCUT2D eigenvalue weighted by atomic mass is 16.5. The molecule has 3 nitrogen and oxygen atoms in total. The lowest BCUT2D eigenvalue weighted by Gasteiger charge is -2.35. The van der Waals surface area contributed by atoms with Gasteiger partial charge in [0.1, 0.15) is 0 Å². The Bertz CT molecular complexity index is 516. The monoisotopic (exact) mass is 287 g/mol.